The fraction of sp³-hybridized carbons (Fsp3) is 0.316. The van der Waals surface area contributed by atoms with Gasteiger partial charge in [0.1, 0.15) is 5.75 Å². The van der Waals surface area contributed by atoms with Crippen molar-refractivity contribution < 1.29 is 35.9 Å². The maximum Gasteiger partial charge on any atom is 0.573 e. The van der Waals surface area contributed by atoms with Gasteiger partial charge in [-0.1, -0.05) is 6.07 Å². The molecule has 172 valence electrons. The number of nitrogens with one attached hydrogen (secondary N) is 2. The summed E-state index contributed by atoms with van der Waals surface area (Å²) in [6, 6.07) is 7.22. The van der Waals surface area contributed by atoms with E-state index in [-0.39, 0.29) is 36.4 Å². The first-order valence-corrected chi connectivity index (χ1v) is 10.9. The molecule has 1 aliphatic rings. The number of halogens is 3. The molecule has 0 radical (unpaired) electrons. The maximum absolute atomic E-state index is 12.8. The maximum atomic E-state index is 12.8. The summed E-state index contributed by atoms with van der Waals surface area (Å²) in [5, 5.41) is 0. The minimum atomic E-state index is -4.94. The number of aromatic nitrogens is 1. The molecule has 3 rings (SSSR count). The van der Waals surface area contributed by atoms with E-state index in [1.165, 1.54) is 24.5 Å². The van der Waals surface area contributed by atoms with Gasteiger partial charge in [-0.15, -0.1) is 13.2 Å². The van der Waals surface area contributed by atoms with Gasteiger partial charge >= 0.3 is 6.36 Å². The number of carbonyl (C=O) groups excluding carboxylic acids is 2. The standard InChI is InChI=1S/C19H19F3N4O5S/c20-19(21,22)31-15-4-1-5-16(11-15)32(29,30)26-9-6-13(7-10-26)17(27)24-25-18(28)14-3-2-8-23-12-14/h1-5,8,11-13H,6-7,9-10H2,(H,24,27)(H,25,28). The molecular formula is C19H19F3N4O5S. The molecule has 0 unspecified atom stereocenters. The second-order valence-electron chi connectivity index (χ2n) is 6.89. The van der Waals surface area contributed by atoms with E-state index < -0.39 is 39.9 Å². The molecule has 2 aromatic rings. The van der Waals surface area contributed by atoms with Crippen LogP contribution in [0.5, 0.6) is 5.75 Å². The Balaban J connectivity index is 1.56. The molecule has 0 bridgehead atoms. The van der Waals surface area contributed by atoms with Gasteiger partial charge in [0, 0.05) is 37.5 Å². The van der Waals surface area contributed by atoms with Gasteiger partial charge in [0.25, 0.3) is 5.91 Å². The summed E-state index contributed by atoms with van der Waals surface area (Å²) in [5.41, 5.74) is 4.83. The van der Waals surface area contributed by atoms with E-state index in [0.717, 1.165) is 22.5 Å². The zero-order valence-corrected chi connectivity index (χ0v) is 17.3. The van der Waals surface area contributed by atoms with Crippen molar-refractivity contribution in [1.82, 2.24) is 20.1 Å². The minimum absolute atomic E-state index is 0.0126. The second kappa shape index (κ2) is 9.53. The fourth-order valence-electron chi connectivity index (χ4n) is 3.13. The lowest BCUT2D eigenvalue weighted by molar-refractivity contribution is -0.274. The molecule has 13 heteroatoms. The van der Waals surface area contributed by atoms with Crippen LogP contribution >= 0.6 is 0 Å². The van der Waals surface area contributed by atoms with Crippen LogP contribution in [0.1, 0.15) is 23.2 Å². The number of hydrazine groups is 1. The molecule has 1 fully saturated rings. The number of piperidine rings is 1. The van der Waals surface area contributed by atoms with Gasteiger partial charge in [-0.2, -0.15) is 4.31 Å². The zero-order valence-electron chi connectivity index (χ0n) is 16.5. The molecule has 1 aromatic carbocycles. The van der Waals surface area contributed by atoms with Crippen molar-refractivity contribution in [2.45, 2.75) is 24.1 Å². The van der Waals surface area contributed by atoms with Crippen molar-refractivity contribution in [3.05, 3.63) is 54.4 Å². The number of hydrogen-bond acceptors (Lipinski definition) is 6. The van der Waals surface area contributed by atoms with Gasteiger partial charge in [-0.25, -0.2) is 8.42 Å². The third kappa shape index (κ3) is 5.95. The van der Waals surface area contributed by atoms with Crippen LogP contribution in [-0.4, -0.2) is 49.0 Å². The summed E-state index contributed by atoms with van der Waals surface area (Å²) in [4.78, 5) is 27.7. The van der Waals surface area contributed by atoms with Gasteiger partial charge in [0.2, 0.25) is 15.9 Å². The van der Waals surface area contributed by atoms with Crippen LogP contribution in [0, 0.1) is 5.92 Å². The lowest BCUT2D eigenvalue weighted by Gasteiger charge is -2.30. The molecular weight excluding hydrogens is 453 g/mol. The second-order valence-corrected chi connectivity index (χ2v) is 8.82. The number of nitrogens with zero attached hydrogens (tertiary/aromatic N) is 2. The summed E-state index contributed by atoms with van der Waals surface area (Å²) in [6.45, 7) is -0.0251. The number of amides is 2. The van der Waals surface area contributed by atoms with Crippen LogP contribution in [0.15, 0.2) is 53.7 Å². The molecule has 1 aliphatic heterocycles. The van der Waals surface area contributed by atoms with Crippen LogP contribution < -0.4 is 15.6 Å². The molecule has 32 heavy (non-hydrogen) atoms. The highest BCUT2D eigenvalue weighted by atomic mass is 32.2. The van der Waals surface area contributed by atoms with Crippen molar-refractivity contribution >= 4 is 21.8 Å². The summed E-state index contributed by atoms with van der Waals surface area (Å²) < 4.78 is 67.6. The average molecular weight is 472 g/mol. The SMILES string of the molecule is O=C(NNC(=O)C1CCN(S(=O)(=O)c2cccc(OC(F)(F)F)c2)CC1)c1cccnc1. The number of pyridine rings is 1. The van der Waals surface area contributed by atoms with Crippen molar-refractivity contribution in [1.29, 1.82) is 0 Å². The Hall–Kier alpha value is -3.19. The number of benzene rings is 1. The zero-order chi connectivity index (χ0) is 23.4. The van der Waals surface area contributed by atoms with Gasteiger partial charge in [-0.05, 0) is 37.1 Å². The molecule has 1 saturated heterocycles. The number of alkyl halides is 3. The number of rotatable bonds is 5. The van der Waals surface area contributed by atoms with Crippen molar-refractivity contribution in [2.75, 3.05) is 13.1 Å². The molecule has 9 nitrogen and oxygen atoms in total. The summed E-state index contributed by atoms with van der Waals surface area (Å²) in [6.07, 6.45) is -1.77. The fourth-order valence-corrected chi connectivity index (χ4v) is 4.63. The summed E-state index contributed by atoms with van der Waals surface area (Å²) in [5.74, 6) is -2.21. The summed E-state index contributed by atoms with van der Waals surface area (Å²) in [7, 11) is -4.07. The quantitative estimate of drug-likeness (QED) is 0.642. The van der Waals surface area contributed by atoms with Gasteiger partial charge in [-0.3, -0.25) is 25.4 Å². The Morgan fingerprint density at radius 2 is 1.81 bits per heavy atom. The molecule has 2 heterocycles. The third-order valence-corrected chi connectivity index (χ3v) is 6.62. The average Bonchev–Trinajstić information content (AvgIpc) is 2.77. The number of sulfonamides is 1. The van der Waals surface area contributed by atoms with Crippen LogP contribution in [0.3, 0.4) is 0 Å². The van der Waals surface area contributed by atoms with Crippen LogP contribution in [0.2, 0.25) is 0 Å². The molecule has 0 aliphatic carbocycles. The topological polar surface area (TPSA) is 118 Å². The third-order valence-electron chi connectivity index (χ3n) is 4.72. The smallest absolute Gasteiger partial charge is 0.406 e. The first-order chi connectivity index (χ1) is 15.1. The lowest BCUT2D eigenvalue weighted by atomic mass is 9.98. The Morgan fingerprint density at radius 1 is 1.09 bits per heavy atom. The van der Waals surface area contributed by atoms with E-state index in [9.17, 15) is 31.2 Å². The Labute approximate surface area is 181 Å². The largest absolute Gasteiger partial charge is 0.573 e. The monoisotopic (exact) mass is 472 g/mol. The summed E-state index contributed by atoms with van der Waals surface area (Å²) >= 11 is 0. The van der Waals surface area contributed by atoms with Crippen molar-refractivity contribution in [2.24, 2.45) is 5.92 Å². The van der Waals surface area contributed by atoms with Crippen LogP contribution in [0.25, 0.3) is 0 Å². The molecule has 0 atom stereocenters. The minimum Gasteiger partial charge on any atom is -0.406 e. The highest BCUT2D eigenvalue weighted by Gasteiger charge is 2.34. The molecule has 0 spiro atoms. The molecule has 2 N–H and O–H groups in total. The Bertz CT molecular complexity index is 1070. The number of hydrogen-bond donors (Lipinski definition) is 2. The highest BCUT2D eigenvalue weighted by Crippen LogP contribution is 2.28. The Kier molecular flexibility index (Phi) is 6.99. The molecule has 2 amide bonds. The van der Waals surface area contributed by atoms with E-state index in [0.29, 0.717) is 0 Å². The van der Waals surface area contributed by atoms with Crippen LogP contribution in [0.4, 0.5) is 13.2 Å². The van der Waals surface area contributed by atoms with Crippen molar-refractivity contribution in [3.63, 3.8) is 0 Å². The number of ether oxygens (including phenoxy) is 1. The predicted molar refractivity (Wildman–Crippen MR) is 104 cm³/mol. The number of carbonyl (C=O) groups is 2. The molecule has 0 saturated carbocycles. The van der Waals surface area contributed by atoms with E-state index in [2.05, 4.69) is 20.6 Å². The molecule has 1 aromatic heterocycles. The Morgan fingerprint density at radius 3 is 2.44 bits per heavy atom. The van der Waals surface area contributed by atoms with E-state index in [4.69, 9.17) is 0 Å². The first-order valence-electron chi connectivity index (χ1n) is 9.42. The van der Waals surface area contributed by atoms with Crippen LogP contribution in [-0.2, 0) is 14.8 Å². The lowest BCUT2D eigenvalue weighted by Crippen LogP contribution is -2.48. The first kappa shape index (κ1) is 23.5. The predicted octanol–water partition coefficient (Wildman–Crippen LogP) is 1.84. The van der Waals surface area contributed by atoms with Gasteiger partial charge in [0.05, 0.1) is 10.5 Å². The highest BCUT2D eigenvalue weighted by molar-refractivity contribution is 7.89. The van der Waals surface area contributed by atoms with E-state index >= 15 is 0 Å². The van der Waals surface area contributed by atoms with E-state index in [1.54, 1.807) is 6.07 Å². The van der Waals surface area contributed by atoms with Gasteiger partial charge < -0.3 is 4.74 Å². The van der Waals surface area contributed by atoms with Crippen molar-refractivity contribution in [3.8, 4) is 5.75 Å². The normalized spacial score (nSPS) is 15.7. The van der Waals surface area contributed by atoms with Gasteiger partial charge in [0.15, 0.2) is 0 Å². The van der Waals surface area contributed by atoms with E-state index in [1.807, 2.05) is 0 Å².